The summed E-state index contributed by atoms with van der Waals surface area (Å²) in [5.74, 6) is 1.85. The Bertz CT molecular complexity index is 2050. The average molecular weight is 708 g/mol. The van der Waals surface area contributed by atoms with Crippen LogP contribution in [-0.2, 0) is 25.5 Å². The molecule has 7 aliphatic rings. The van der Waals surface area contributed by atoms with E-state index in [4.69, 9.17) is 9.47 Å². The van der Waals surface area contributed by atoms with Crippen LogP contribution >= 0.6 is 0 Å². The van der Waals surface area contributed by atoms with Gasteiger partial charge in [-0.3, -0.25) is 0 Å². The number of aromatic hydroxyl groups is 1. The molecule has 2 saturated heterocycles. The first kappa shape index (κ1) is 34.1. The van der Waals surface area contributed by atoms with Crippen LogP contribution in [0.2, 0.25) is 0 Å². The van der Waals surface area contributed by atoms with E-state index in [0.29, 0.717) is 17.3 Å². The van der Waals surface area contributed by atoms with Gasteiger partial charge < -0.3 is 19.9 Å². The van der Waals surface area contributed by atoms with E-state index in [-0.39, 0.29) is 41.4 Å². The van der Waals surface area contributed by atoms with Gasteiger partial charge in [-0.1, -0.05) is 73.7 Å². The standard InChI is InChI=1S/C47H49NO5/c1-2-29(26-31-10-5-3-6-11-31)27-40-47-23-20-35(41(44(47)46(51)53-40)38-28-33(49)16-17-34(38)32-13-7-4-8-14-32)36-18-19-37-39(52-45(50)42(37)43(36)47)15-9-12-30-21-24-48-25-22-30/h3-8,10-11,13-17,27-30,35-36,43,48-49H,2,9,12,18-26H2,1H3/t29-,35+,36+,43+,47+/m0/s1. The van der Waals surface area contributed by atoms with Crippen molar-refractivity contribution in [3.63, 3.8) is 0 Å². The lowest BCUT2D eigenvalue weighted by Gasteiger charge is -2.56. The number of hydrogen-bond acceptors (Lipinski definition) is 6. The van der Waals surface area contributed by atoms with E-state index in [0.717, 1.165) is 104 Å². The number of fused-ring (bicyclic) bond motifs is 1. The van der Waals surface area contributed by atoms with E-state index < -0.39 is 5.41 Å². The lowest BCUT2D eigenvalue weighted by molar-refractivity contribution is -0.135. The van der Waals surface area contributed by atoms with E-state index in [1.807, 2.05) is 36.4 Å². The van der Waals surface area contributed by atoms with Crippen LogP contribution in [0, 0.1) is 35.0 Å². The van der Waals surface area contributed by atoms with Crippen LogP contribution in [0.5, 0.6) is 5.75 Å². The summed E-state index contributed by atoms with van der Waals surface area (Å²) in [6.07, 6.45) is 13.8. The van der Waals surface area contributed by atoms with E-state index in [9.17, 15) is 14.7 Å². The Labute approximate surface area is 312 Å². The van der Waals surface area contributed by atoms with Gasteiger partial charge in [-0.15, -0.1) is 0 Å². The number of benzene rings is 3. The summed E-state index contributed by atoms with van der Waals surface area (Å²) in [4.78, 5) is 28.8. The van der Waals surface area contributed by atoms with E-state index in [1.165, 1.54) is 18.4 Å². The zero-order chi connectivity index (χ0) is 36.1. The molecule has 2 bridgehead atoms. The first-order valence-corrected chi connectivity index (χ1v) is 19.9. The predicted octanol–water partition coefficient (Wildman–Crippen LogP) is 9.48. The summed E-state index contributed by atoms with van der Waals surface area (Å²) in [6.45, 7) is 4.34. The highest BCUT2D eigenvalue weighted by atomic mass is 16.5. The highest BCUT2D eigenvalue weighted by Gasteiger charge is 2.68. The Morgan fingerprint density at radius 3 is 2.43 bits per heavy atom. The number of nitrogens with one attached hydrogen (secondary N) is 1. The third-order valence-corrected chi connectivity index (χ3v) is 13.3. The molecule has 3 fully saturated rings. The Kier molecular flexibility index (Phi) is 8.98. The molecule has 3 aromatic carbocycles. The Morgan fingerprint density at radius 1 is 0.887 bits per heavy atom. The maximum absolute atomic E-state index is 14.6. The minimum Gasteiger partial charge on any atom is -0.508 e. The Hall–Kier alpha value is -4.68. The number of piperidine rings is 1. The highest BCUT2D eigenvalue weighted by Crippen LogP contribution is 2.72. The van der Waals surface area contributed by atoms with Crippen LogP contribution in [0.25, 0.3) is 16.7 Å². The van der Waals surface area contributed by atoms with Gasteiger partial charge in [0.2, 0.25) is 0 Å². The zero-order valence-corrected chi connectivity index (χ0v) is 30.6. The van der Waals surface area contributed by atoms with Crippen molar-refractivity contribution in [3.05, 3.63) is 130 Å². The second kappa shape index (κ2) is 13.9. The second-order valence-corrected chi connectivity index (χ2v) is 16.1. The molecule has 272 valence electrons. The molecule has 5 atom stereocenters. The van der Waals surface area contributed by atoms with Crippen LogP contribution in [0.4, 0.5) is 0 Å². The van der Waals surface area contributed by atoms with Crippen molar-refractivity contribution in [2.75, 3.05) is 13.1 Å². The van der Waals surface area contributed by atoms with Crippen LogP contribution < -0.4 is 5.32 Å². The largest absolute Gasteiger partial charge is 0.508 e. The maximum atomic E-state index is 14.6. The van der Waals surface area contributed by atoms with Crippen molar-refractivity contribution in [1.82, 2.24) is 5.32 Å². The number of rotatable bonds is 9. The maximum Gasteiger partial charge on any atom is 0.340 e. The molecule has 10 rings (SSSR count). The molecular formula is C47H49NO5. The lowest BCUT2D eigenvalue weighted by atomic mass is 9.44. The fraction of sp³-hybridized carbons (Fsp3) is 0.404. The van der Waals surface area contributed by atoms with Crippen molar-refractivity contribution < 1.29 is 24.2 Å². The van der Waals surface area contributed by atoms with E-state index in [1.54, 1.807) is 6.07 Å². The smallest absolute Gasteiger partial charge is 0.340 e. The van der Waals surface area contributed by atoms with Gasteiger partial charge in [0.05, 0.1) is 11.0 Å². The molecule has 0 aromatic heterocycles. The number of ether oxygens (including phenoxy) is 2. The summed E-state index contributed by atoms with van der Waals surface area (Å²) in [7, 11) is 0. The summed E-state index contributed by atoms with van der Waals surface area (Å²) >= 11 is 0. The van der Waals surface area contributed by atoms with Crippen LogP contribution in [0.3, 0.4) is 0 Å². The normalized spacial score (nSPS) is 28.6. The number of allylic oxidation sites excluding steroid dienone is 5. The number of esters is 2. The predicted molar refractivity (Wildman–Crippen MR) is 206 cm³/mol. The number of hydrogen-bond donors (Lipinski definition) is 2. The Morgan fingerprint density at radius 2 is 1.66 bits per heavy atom. The molecule has 6 nitrogen and oxygen atoms in total. The Balaban J connectivity index is 1.20. The summed E-state index contributed by atoms with van der Waals surface area (Å²) in [6, 6.07) is 26.3. The molecule has 0 unspecified atom stereocenters. The summed E-state index contributed by atoms with van der Waals surface area (Å²) in [5.41, 5.74) is 6.85. The number of carbonyl (C=O) groups is 2. The zero-order valence-electron chi connectivity index (χ0n) is 30.6. The van der Waals surface area contributed by atoms with Crippen molar-refractivity contribution >= 4 is 17.5 Å². The quantitative estimate of drug-likeness (QED) is 0.216. The van der Waals surface area contributed by atoms with Crippen molar-refractivity contribution in [2.24, 2.45) is 35.0 Å². The minimum atomic E-state index is -0.792. The first-order valence-electron chi connectivity index (χ1n) is 19.9. The molecular weight excluding hydrogens is 659 g/mol. The highest BCUT2D eigenvalue weighted by molar-refractivity contribution is 6.07. The van der Waals surface area contributed by atoms with Crippen molar-refractivity contribution in [2.45, 2.75) is 71.1 Å². The topological polar surface area (TPSA) is 84.9 Å². The average Bonchev–Trinajstić information content (AvgIpc) is 3.67. The van der Waals surface area contributed by atoms with Gasteiger partial charge in [0.25, 0.3) is 0 Å². The number of cyclic esters (lactones) is 2. The van der Waals surface area contributed by atoms with Crippen LogP contribution in [0.15, 0.2) is 119 Å². The van der Waals surface area contributed by atoms with E-state index >= 15 is 0 Å². The SMILES string of the molecule is CC[C@H](C=C1OC(=O)C2=C(c3cc(O)ccc3-c3ccccc3)[C@@H]3CC[C@]12[C@H]1C2=C(CC[C@H]31)C(=CCCC1CCNCC1)OC2=O)Cc1ccccc1. The molecule has 1 saturated carbocycles. The molecule has 0 radical (unpaired) electrons. The van der Waals surface area contributed by atoms with Gasteiger partial charge >= 0.3 is 11.9 Å². The first-order chi connectivity index (χ1) is 26.0. The van der Waals surface area contributed by atoms with Gasteiger partial charge in [0.15, 0.2) is 0 Å². The van der Waals surface area contributed by atoms with Gasteiger partial charge in [0, 0.05) is 17.1 Å². The third kappa shape index (κ3) is 5.81. The van der Waals surface area contributed by atoms with Gasteiger partial charge in [0.1, 0.15) is 17.3 Å². The van der Waals surface area contributed by atoms with Gasteiger partial charge in [-0.05, 0) is 153 Å². The molecule has 6 heteroatoms. The third-order valence-electron chi connectivity index (χ3n) is 13.3. The molecule has 53 heavy (non-hydrogen) atoms. The van der Waals surface area contributed by atoms with Gasteiger partial charge in [-0.2, -0.15) is 0 Å². The fourth-order valence-corrected chi connectivity index (χ4v) is 10.9. The molecule has 4 aliphatic carbocycles. The van der Waals surface area contributed by atoms with Crippen LogP contribution in [-0.4, -0.2) is 30.1 Å². The number of phenols is 1. The van der Waals surface area contributed by atoms with Crippen LogP contribution in [0.1, 0.15) is 75.8 Å². The molecule has 3 aliphatic heterocycles. The molecule has 3 aromatic rings. The monoisotopic (exact) mass is 707 g/mol. The molecule has 0 amide bonds. The van der Waals surface area contributed by atoms with Crippen molar-refractivity contribution in [1.29, 1.82) is 0 Å². The summed E-state index contributed by atoms with van der Waals surface area (Å²) in [5, 5.41) is 14.4. The molecule has 1 spiro atoms. The molecule has 3 heterocycles. The minimum absolute atomic E-state index is 0.0362. The lowest BCUT2D eigenvalue weighted by Crippen LogP contribution is -2.52. The van der Waals surface area contributed by atoms with Crippen molar-refractivity contribution in [3.8, 4) is 16.9 Å². The van der Waals surface area contributed by atoms with Gasteiger partial charge in [-0.25, -0.2) is 9.59 Å². The number of phenolic OH excluding ortho intramolecular Hbond substituents is 1. The summed E-state index contributed by atoms with van der Waals surface area (Å²) < 4.78 is 12.7. The fourth-order valence-electron chi connectivity index (χ4n) is 10.9. The number of carbonyl (C=O) groups excluding carboxylic acids is 2. The second-order valence-electron chi connectivity index (χ2n) is 16.1. The van der Waals surface area contributed by atoms with E-state index in [2.05, 4.69) is 60.8 Å². The molecule has 2 N–H and O–H groups in total.